The molecule has 0 unspecified atom stereocenters. The van der Waals surface area contributed by atoms with Gasteiger partial charge < -0.3 is 14.8 Å². The Labute approximate surface area is 127 Å². The third-order valence-corrected chi connectivity index (χ3v) is 2.99. The molecule has 1 aromatic rings. The summed E-state index contributed by atoms with van der Waals surface area (Å²) in [5, 5.41) is 2.58. The van der Waals surface area contributed by atoms with Gasteiger partial charge in [0.05, 0.1) is 12.1 Å². The molecule has 0 saturated heterocycles. The van der Waals surface area contributed by atoms with Crippen LogP contribution in [0.5, 0.6) is 5.75 Å². The summed E-state index contributed by atoms with van der Waals surface area (Å²) in [4.78, 5) is 23.3. The molecule has 0 aliphatic rings. The molecule has 0 bridgehead atoms. The van der Waals surface area contributed by atoms with E-state index in [1.165, 1.54) is 19.2 Å². The van der Waals surface area contributed by atoms with Crippen LogP contribution in [0.2, 0.25) is 5.02 Å². The van der Waals surface area contributed by atoms with Crippen molar-refractivity contribution in [1.82, 2.24) is 5.32 Å². The summed E-state index contributed by atoms with van der Waals surface area (Å²) < 4.78 is 22.7. The number of hydrogen-bond acceptors (Lipinski definition) is 4. The fraction of sp³-hybridized carbons (Fsp3) is 0.429. The molecule has 1 atom stereocenters. The van der Waals surface area contributed by atoms with Crippen molar-refractivity contribution in [3.63, 3.8) is 0 Å². The van der Waals surface area contributed by atoms with Gasteiger partial charge in [-0.1, -0.05) is 25.4 Å². The number of halogens is 2. The first-order chi connectivity index (χ1) is 9.85. The lowest BCUT2D eigenvalue weighted by atomic mass is 10.0. The molecular weight excluding hydrogens is 301 g/mol. The minimum Gasteiger partial charge on any atom is -0.482 e. The van der Waals surface area contributed by atoms with Crippen molar-refractivity contribution >= 4 is 23.5 Å². The van der Waals surface area contributed by atoms with Crippen molar-refractivity contribution in [2.45, 2.75) is 19.9 Å². The number of hydrogen-bond donors (Lipinski definition) is 1. The van der Waals surface area contributed by atoms with Crippen LogP contribution in [0.15, 0.2) is 18.2 Å². The van der Waals surface area contributed by atoms with E-state index in [9.17, 15) is 14.0 Å². The van der Waals surface area contributed by atoms with Crippen molar-refractivity contribution in [1.29, 1.82) is 0 Å². The van der Waals surface area contributed by atoms with Crippen molar-refractivity contribution in [2.24, 2.45) is 5.92 Å². The van der Waals surface area contributed by atoms with E-state index in [2.05, 4.69) is 10.1 Å². The molecule has 0 aromatic heterocycles. The molecule has 1 amide bonds. The highest BCUT2D eigenvalue weighted by Gasteiger charge is 2.25. The Morgan fingerprint density at radius 3 is 2.57 bits per heavy atom. The van der Waals surface area contributed by atoms with E-state index in [4.69, 9.17) is 16.3 Å². The zero-order chi connectivity index (χ0) is 16.0. The van der Waals surface area contributed by atoms with Gasteiger partial charge in [0.1, 0.15) is 17.6 Å². The molecule has 1 rings (SSSR count). The monoisotopic (exact) mass is 317 g/mol. The summed E-state index contributed by atoms with van der Waals surface area (Å²) in [5.41, 5.74) is 0. The van der Waals surface area contributed by atoms with Gasteiger partial charge in [-0.3, -0.25) is 4.79 Å². The number of nitrogens with one attached hydrogen (secondary N) is 1. The molecule has 7 heteroatoms. The Morgan fingerprint density at radius 2 is 2.05 bits per heavy atom. The summed E-state index contributed by atoms with van der Waals surface area (Å²) in [6.45, 7) is 3.21. The van der Waals surface area contributed by atoms with Crippen LogP contribution in [0.25, 0.3) is 0 Å². The number of amides is 1. The number of methoxy groups -OCH3 is 1. The molecule has 5 nitrogen and oxygen atoms in total. The van der Waals surface area contributed by atoms with Crippen LogP contribution in [0, 0.1) is 11.7 Å². The second-order valence-electron chi connectivity index (χ2n) is 4.68. The fourth-order valence-electron chi connectivity index (χ4n) is 1.58. The highest BCUT2D eigenvalue weighted by Crippen LogP contribution is 2.24. The second kappa shape index (κ2) is 7.83. The van der Waals surface area contributed by atoms with Crippen molar-refractivity contribution in [3.8, 4) is 5.75 Å². The van der Waals surface area contributed by atoms with Crippen LogP contribution >= 0.6 is 11.6 Å². The Morgan fingerprint density at radius 1 is 1.38 bits per heavy atom. The Balaban J connectivity index is 2.58. The van der Waals surface area contributed by atoms with Gasteiger partial charge in [-0.25, -0.2) is 9.18 Å². The number of carbonyl (C=O) groups is 2. The molecule has 0 heterocycles. The van der Waals surface area contributed by atoms with Crippen molar-refractivity contribution < 1.29 is 23.5 Å². The number of ether oxygens (including phenoxy) is 2. The maximum absolute atomic E-state index is 12.9. The average molecular weight is 318 g/mol. The molecule has 0 aliphatic carbocycles. The molecule has 1 aromatic carbocycles. The minimum atomic E-state index is -0.755. The maximum Gasteiger partial charge on any atom is 0.328 e. The molecule has 1 N–H and O–H groups in total. The van der Waals surface area contributed by atoms with Crippen molar-refractivity contribution in [3.05, 3.63) is 29.0 Å². The van der Waals surface area contributed by atoms with Gasteiger partial charge >= 0.3 is 5.97 Å². The van der Waals surface area contributed by atoms with E-state index in [-0.39, 0.29) is 23.3 Å². The Bertz CT molecular complexity index is 522. The fourth-order valence-corrected chi connectivity index (χ4v) is 1.80. The molecule has 0 fully saturated rings. The van der Waals surface area contributed by atoms with Gasteiger partial charge in [0.25, 0.3) is 5.91 Å². The van der Waals surface area contributed by atoms with Crippen LogP contribution in [0.3, 0.4) is 0 Å². The molecule has 0 spiro atoms. The van der Waals surface area contributed by atoms with Gasteiger partial charge in [-0.2, -0.15) is 0 Å². The quantitative estimate of drug-likeness (QED) is 0.817. The predicted molar refractivity (Wildman–Crippen MR) is 75.7 cm³/mol. The lowest BCUT2D eigenvalue weighted by Gasteiger charge is -2.19. The first-order valence-corrected chi connectivity index (χ1v) is 6.68. The van der Waals surface area contributed by atoms with Gasteiger partial charge in [0.15, 0.2) is 6.61 Å². The number of carbonyl (C=O) groups excluding carboxylic acids is 2. The molecule has 0 saturated carbocycles. The van der Waals surface area contributed by atoms with Crippen LogP contribution in [0.1, 0.15) is 13.8 Å². The van der Waals surface area contributed by atoms with E-state index in [1.54, 1.807) is 13.8 Å². The largest absolute Gasteiger partial charge is 0.482 e. The smallest absolute Gasteiger partial charge is 0.328 e. The summed E-state index contributed by atoms with van der Waals surface area (Å²) in [7, 11) is 1.25. The van der Waals surface area contributed by atoms with Crippen LogP contribution < -0.4 is 10.1 Å². The first-order valence-electron chi connectivity index (χ1n) is 6.30. The van der Waals surface area contributed by atoms with E-state index >= 15 is 0 Å². The van der Waals surface area contributed by atoms with E-state index in [1.807, 2.05) is 0 Å². The second-order valence-corrected chi connectivity index (χ2v) is 5.08. The molecule has 116 valence electrons. The van der Waals surface area contributed by atoms with E-state index in [0.29, 0.717) is 0 Å². The molecule has 0 radical (unpaired) electrons. The van der Waals surface area contributed by atoms with E-state index < -0.39 is 23.7 Å². The third-order valence-electron chi connectivity index (χ3n) is 2.69. The molecular formula is C14H17ClFNO4. The topological polar surface area (TPSA) is 64.6 Å². The van der Waals surface area contributed by atoms with Gasteiger partial charge in [-0.15, -0.1) is 0 Å². The van der Waals surface area contributed by atoms with Gasteiger partial charge in [0, 0.05) is 0 Å². The number of benzene rings is 1. The summed E-state index contributed by atoms with van der Waals surface area (Å²) in [5.74, 6) is -1.47. The van der Waals surface area contributed by atoms with Crippen LogP contribution in [-0.4, -0.2) is 31.6 Å². The highest BCUT2D eigenvalue weighted by atomic mass is 35.5. The Hall–Kier alpha value is -1.82. The highest BCUT2D eigenvalue weighted by molar-refractivity contribution is 6.32. The molecule has 0 aliphatic heterocycles. The van der Waals surface area contributed by atoms with Gasteiger partial charge in [-0.05, 0) is 24.1 Å². The third kappa shape index (κ3) is 5.23. The summed E-state index contributed by atoms with van der Waals surface area (Å²) in [6.07, 6.45) is 0. The van der Waals surface area contributed by atoms with Crippen molar-refractivity contribution in [2.75, 3.05) is 13.7 Å². The Kier molecular flexibility index (Phi) is 6.42. The van der Waals surface area contributed by atoms with E-state index in [0.717, 1.165) is 6.07 Å². The maximum atomic E-state index is 12.9. The molecule has 21 heavy (non-hydrogen) atoms. The summed E-state index contributed by atoms with van der Waals surface area (Å²) >= 11 is 5.77. The normalized spacial score (nSPS) is 11.9. The standard InChI is InChI=1S/C14H17ClFNO4/c1-8(2)13(14(19)20-3)17-12(18)7-21-11-5-4-9(16)6-10(11)15/h4-6,8,13H,7H2,1-3H3,(H,17,18)/t13-/m0/s1. The van der Waals surface area contributed by atoms with Crippen LogP contribution in [-0.2, 0) is 14.3 Å². The SMILES string of the molecule is COC(=O)[C@@H](NC(=O)COc1ccc(F)cc1Cl)C(C)C. The number of rotatable bonds is 6. The lowest BCUT2D eigenvalue weighted by molar-refractivity contribution is -0.146. The zero-order valence-electron chi connectivity index (χ0n) is 12.0. The first kappa shape index (κ1) is 17.2. The van der Waals surface area contributed by atoms with Crippen LogP contribution in [0.4, 0.5) is 4.39 Å². The van der Waals surface area contributed by atoms with Gasteiger partial charge in [0.2, 0.25) is 0 Å². The summed E-state index contributed by atoms with van der Waals surface area (Å²) in [6, 6.07) is 2.82. The predicted octanol–water partition coefficient (Wildman–Crippen LogP) is 2.17. The number of esters is 1. The average Bonchev–Trinajstić information content (AvgIpc) is 2.42. The zero-order valence-corrected chi connectivity index (χ0v) is 12.7. The lowest BCUT2D eigenvalue weighted by Crippen LogP contribution is -2.46. The minimum absolute atomic E-state index is 0.0659.